The molecule has 4 saturated heterocycles. The van der Waals surface area contributed by atoms with Gasteiger partial charge in [-0.1, -0.05) is 65.8 Å². The molecule has 4 N–H and O–H groups in total. The molecule has 8 atom stereocenters. The maximum absolute atomic E-state index is 15.2. The second-order valence-corrected chi connectivity index (χ2v) is 19.0. The predicted molar refractivity (Wildman–Crippen MR) is 210 cm³/mol. The lowest BCUT2D eigenvalue weighted by atomic mass is 9.61. The highest BCUT2D eigenvalue weighted by Crippen LogP contribution is 2.68. The minimum absolute atomic E-state index is 0.0730. The van der Waals surface area contributed by atoms with E-state index < -0.39 is 92.4 Å². The van der Waals surface area contributed by atoms with E-state index in [1.165, 1.54) is 38.2 Å². The number of amides is 4. The van der Waals surface area contributed by atoms with Gasteiger partial charge < -0.3 is 30.2 Å². The van der Waals surface area contributed by atoms with E-state index in [1.54, 1.807) is 48.5 Å². The predicted octanol–water partition coefficient (Wildman–Crippen LogP) is 1.38. The molecule has 6 aliphatic rings. The van der Waals surface area contributed by atoms with E-state index in [9.17, 15) is 34.8 Å². The summed E-state index contributed by atoms with van der Waals surface area (Å²) in [4.78, 5) is 64.6. The summed E-state index contributed by atoms with van der Waals surface area (Å²) in [7, 11) is -3.44. The molecule has 5 aliphatic heterocycles. The largest absolute Gasteiger partial charge is 0.363 e. The first kappa shape index (κ1) is 39.9. The lowest BCUT2D eigenvalue weighted by Crippen LogP contribution is -2.76. The summed E-state index contributed by atoms with van der Waals surface area (Å²) in [5.41, 5.74) is -2.72. The Kier molecular flexibility index (Phi) is 8.46. The summed E-state index contributed by atoms with van der Waals surface area (Å²) in [5.74, 6) is -4.09. The van der Waals surface area contributed by atoms with Crippen LogP contribution in [0.15, 0.2) is 88.9 Å². The fourth-order valence-electron chi connectivity index (χ4n) is 11.4. The van der Waals surface area contributed by atoms with Crippen LogP contribution in [-0.2, 0) is 46.5 Å². The molecule has 0 unspecified atom stereocenters. The van der Waals surface area contributed by atoms with Crippen molar-refractivity contribution in [3.63, 3.8) is 0 Å². The van der Waals surface area contributed by atoms with Crippen LogP contribution in [0.3, 0.4) is 0 Å². The van der Waals surface area contributed by atoms with Gasteiger partial charge in [0.05, 0.1) is 10.6 Å². The number of aliphatic hydroxyl groups is 4. The summed E-state index contributed by atoms with van der Waals surface area (Å²) < 4.78 is 31.3. The molecular formula is C41H44N8O10S. The Morgan fingerprint density at radius 1 is 0.750 bits per heavy atom. The molecule has 0 aromatic heterocycles. The van der Waals surface area contributed by atoms with E-state index in [4.69, 9.17) is 5.53 Å². The SMILES string of the molecule is CN1C(=O)[C@]2(O)C[C@]3(C[C@]45C[C@@]6(O)C(=O)N(CCCCN=[N+]=[N-])[C@](C)(O)C(=O)N6[C@H]4N(S(=O)(=O)c4ccccc4)c4ccccc45)c4ccccc4C[C@@H]3N2C(=O)[C@@]1(C)O. The summed E-state index contributed by atoms with van der Waals surface area (Å²) in [5, 5.41) is 52.5. The maximum Gasteiger partial charge on any atom is 0.280 e. The number of nitrogens with zero attached hydrogens (tertiary/aromatic N) is 8. The summed E-state index contributed by atoms with van der Waals surface area (Å²) in [6.07, 6.45) is -2.37. The molecule has 5 heterocycles. The molecule has 0 saturated carbocycles. The van der Waals surface area contributed by atoms with E-state index in [0.29, 0.717) is 11.1 Å². The number of sulfonamides is 1. The monoisotopic (exact) mass is 840 g/mol. The first-order chi connectivity index (χ1) is 28.3. The molecular weight excluding hydrogens is 797 g/mol. The number of likely N-dealkylation sites (N-methyl/N-ethyl adjacent to an activating group) is 1. The number of carbonyl (C=O) groups is 4. The first-order valence-corrected chi connectivity index (χ1v) is 21.2. The van der Waals surface area contributed by atoms with Crippen LogP contribution in [0.25, 0.3) is 10.4 Å². The van der Waals surface area contributed by atoms with Crippen LogP contribution in [0.5, 0.6) is 0 Å². The van der Waals surface area contributed by atoms with Gasteiger partial charge in [0.15, 0.2) is 0 Å². The van der Waals surface area contributed by atoms with E-state index in [-0.39, 0.29) is 49.4 Å². The minimum Gasteiger partial charge on any atom is -0.363 e. The molecule has 9 rings (SSSR count). The summed E-state index contributed by atoms with van der Waals surface area (Å²) in [6, 6.07) is 20.1. The molecule has 0 bridgehead atoms. The van der Waals surface area contributed by atoms with Crippen molar-refractivity contribution >= 4 is 39.3 Å². The van der Waals surface area contributed by atoms with Gasteiger partial charge in [-0.2, -0.15) is 0 Å². The fraction of sp³-hybridized carbons (Fsp3) is 0.463. The minimum atomic E-state index is -4.65. The van der Waals surface area contributed by atoms with Gasteiger partial charge in [0, 0.05) is 54.8 Å². The summed E-state index contributed by atoms with van der Waals surface area (Å²) in [6.45, 7) is 2.11. The number of unbranched alkanes of at least 4 members (excludes halogenated alkanes) is 1. The Morgan fingerprint density at radius 2 is 1.35 bits per heavy atom. The van der Waals surface area contributed by atoms with Gasteiger partial charge in [-0.05, 0) is 80.0 Å². The van der Waals surface area contributed by atoms with Crippen LogP contribution in [0.1, 0.15) is 62.6 Å². The van der Waals surface area contributed by atoms with Crippen LogP contribution >= 0.6 is 0 Å². The molecule has 3 aromatic carbocycles. The molecule has 3 aromatic rings. The number of carbonyl (C=O) groups excluding carboxylic acids is 4. The van der Waals surface area contributed by atoms with Crippen LogP contribution in [0.4, 0.5) is 5.69 Å². The Balaban J connectivity index is 1.29. The number of hydrogen-bond donors (Lipinski definition) is 4. The normalized spacial score (nSPS) is 35.2. The standard InChI is InChI=1S/C41H44N8O10S/c1-36(54)32(50)47-30-21-25-13-7-8-16-27(25)38(30,23-40(47,56)34(52)45(36)3)22-39-24-41(57)35(53)46(20-12-11-19-43-44-42)37(2,55)33(51)48(41)31(39)49(29-18-10-9-17-28(29)39)60(58,59)26-14-5-4-6-15-26/h4-10,13-18,30-31,54-57H,11-12,19-24H2,1-3H3/t30-,31-,36+,37+,38+,39+,40+,41+/m0/s1. The Hall–Kier alpha value is -5.56. The zero-order chi connectivity index (χ0) is 43.0. The van der Waals surface area contributed by atoms with Gasteiger partial charge >= 0.3 is 0 Å². The Morgan fingerprint density at radius 3 is 2.05 bits per heavy atom. The number of benzene rings is 3. The topological polar surface area (TPSA) is 248 Å². The van der Waals surface area contributed by atoms with Crippen molar-refractivity contribution in [3.8, 4) is 0 Å². The Labute approximate surface area is 344 Å². The number of rotatable bonds is 9. The Bertz CT molecular complexity index is 2550. The molecule has 1 aliphatic carbocycles. The van der Waals surface area contributed by atoms with Crippen molar-refractivity contribution in [1.82, 2.24) is 19.6 Å². The molecule has 0 radical (unpaired) electrons. The van der Waals surface area contributed by atoms with Gasteiger partial charge in [-0.15, -0.1) is 0 Å². The third-order valence-corrected chi connectivity index (χ3v) is 15.8. The average molecular weight is 841 g/mol. The molecule has 18 nitrogen and oxygen atoms in total. The number of anilines is 1. The van der Waals surface area contributed by atoms with Crippen molar-refractivity contribution < 1.29 is 48.0 Å². The number of para-hydroxylation sites is 1. The second kappa shape index (κ2) is 12.7. The van der Waals surface area contributed by atoms with Gasteiger partial charge in [0.1, 0.15) is 6.17 Å². The lowest BCUT2D eigenvalue weighted by Gasteiger charge is -2.51. The van der Waals surface area contributed by atoms with Crippen LogP contribution in [-0.4, -0.2) is 127 Å². The zero-order valence-electron chi connectivity index (χ0n) is 33.0. The molecule has 19 heteroatoms. The second-order valence-electron chi connectivity index (χ2n) is 17.2. The van der Waals surface area contributed by atoms with Crippen molar-refractivity contribution in [2.45, 2.75) is 103 Å². The maximum atomic E-state index is 15.2. The summed E-state index contributed by atoms with van der Waals surface area (Å²) >= 11 is 0. The van der Waals surface area contributed by atoms with Crippen molar-refractivity contribution in [2.24, 2.45) is 5.11 Å². The number of piperazine rings is 2. The average Bonchev–Trinajstić information content (AvgIpc) is 3.85. The molecule has 4 fully saturated rings. The third-order valence-electron chi connectivity index (χ3n) is 14.0. The molecule has 4 amide bonds. The lowest BCUT2D eigenvalue weighted by molar-refractivity contribution is -0.227. The number of fused-ring (bicyclic) bond motifs is 10. The van der Waals surface area contributed by atoms with Gasteiger partial charge in [-0.25, -0.2) is 12.7 Å². The van der Waals surface area contributed by atoms with Crippen LogP contribution < -0.4 is 4.31 Å². The molecule has 0 spiro atoms. The highest BCUT2D eigenvalue weighted by Gasteiger charge is 2.80. The van der Waals surface area contributed by atoms with Gasteiger partial charge in [0.25, 0.3) is 33.7 Å². The van der Waals surface area contributed by atoms with E-state index in [2.05, 4.69) is 10.0 Å². The molecule has 314 valence electrons. The smallest absolute Gasteiger partial charge is 0.280 e. The number of azide groups is 1. The quantitative estimate of drug-likeness (QED) is 0.104. The van der Waals surface area contributed by atoms with Gasteiger partial charge in [-0.3, -0.25) is 29.0 Å². The number of hydrogen-bond acceptors (Lipinski definition) is 11. The van der Waals surface area contributed by atoms with E-state index in [0.717, 1.165) is 36.4 Å². The third kappa shape index (κ3) is 4.83. The van der Waals surface area contributed by atoms with Gasteiger partial charge in [0.2, 0.25) is 22.9 Å². The van der Waals surface area contributed by atoms with Crippen LogP contribution in [0, 0.1) is 0 Å². The van der Waals surface area contributed by atoms with Crippen LogP contribution in [0.2, 0.25) is 0 Å². The fourth-order valence-corrected chi connectivity index (χ4v) is 13.1. The molecule has 60 heavy (non-hydrogen) atoms. The van der Waals surface area contributed by atoms with Crippen molar-refractivity contribution in [2.75, 3.05) is 24.4 Å². The first-order valence-electron chi connectivity index (χ1n) is 19.7. The highest BCUT2D eigenvalue weighted by atomic mass is 32.2. The zero-order valence-corrected chi connectivity index (χ0v) is 33.9. The van der Waals surface area contributed by atoms with Crippen molar-refractivity contribution in [3.05, 3.63) is 106 Å². The van der Waals surface area contributed by atoms with E-state index >= 15 is 13.2 Å². The van der Waals surface area contributed by atoms with E-state index in [1.807, 2.05) is 6.07 Å². The van der Waals surface area contributed by atoms with Crippen molar-refractivity contribution in [1.29, 1.82) is 0 Å². The highest BCUT2D eigenvalue weighted by molar-refractivity contribution is 7.92.